The van der Waals surface area contributed by atoms with Crippen LogP contribution >= 0.6 is 24.2 Å². The molecule has 4 heteroatoms. The van der Waals surface area contributed by atoms with Gasteiger partial charge in [0.2, 0.25) is 0 Å². The van der Waals surface area contributed by atoms with E-state index in [1.165, 1.54) is 50.2 Å². The molecule has 0 amide bonds. The summed E-state index contributed by atoms with van der Waals surface area (Å²) in [5.41, 5.74) is 1.45. The monoisotopic (exact) mass is 312 g/mol. The van der Waals surface area contributed by atoms with Crippen LogP contribution in [0.15, 0.2) is 30.3 Å². The predicted molar refractivity (Wildman–Crippen MR) is 90.9 cm³/mol. The van der Waals surface area contributed by atoms with Gasteiger partial charge in [0.15, 0.2) is 0 Å². The SMILES string of the molecule is Cl.c1ccc(CSCCN(C2CC2)C2CCNC2)cc1. The molecule has 1 heterocycles. The first-order valence-corrected chi connectivity index (χ1v) is 8.67. The molecule has 1 aliphatic heterocycles. The van der Waals surface area contributed by atoms with Crippen molar-refractivity contribution in [3.05, 3.63) is 35.9 Å². The van der Waals surface area contributed by atoms with E-state index in [0.717, 1.165) is 17.8 Å². The number of hydrogen-bond donors (Lipinski definition) is 1. The fraction of sp³-hybridized carbons (Fsp3) is 0.625. The summed E-state index contributed by atoms with van der Waals surface area (Å²) in [5.74, 6) is 2.42. The van der Waals surface area contributed by atoms with Crippen LogP contribution in [-0.4, -0.2) is 42.4 Å². The van der Waals surface area contributed by atoms with Crippen LogP contribution in [0.3, 0.4) is 0 Å². The maximum absolute atomic E-state index is 3.50. The van der Waals surface area contributed by atoms with Gasteiger partial charge in [0.05, 0.1) is 0 Å². The van der Waals surface area contributed by atoms with Crippen LogP contribution in [0.1, 0.15) is 24.8 Å². The lowest BCUT2D eigenvalue weighted by Gasteiger charge is -2.28. The van der Waals surface area contributed by atoms with Crippen molar-refractivity contribution in [2.75, 3.05) is 25.4 Å². The van der Waals surface area contributed by atoms with E-state index in [1.54, 1.807) is 0 Å². The van der Waals surface area contributed by atoms with Crippen LogP contribution in [-0.2, 0) is 5.75 Å². The summed E-state index contributed by atoms with van der Waals surface area (Å²) in [4.78, 5) is 2.78. The summed E-state index contributed by atoms with van der Waals surface area (Å²) in [6, 6.07) is 12.5. The summed E-state index contributed by atoms with van der Waals surface area (Å²) in [7, 11) is 0. The summed E-state index contributed by atoms with van der Waals surface area (Å²) < 4.78 is 0. The molecule has 2 aliphatic rings. The molecule has 2 fully saturated rings. The Balaban J connectivity index is 0.00000147. The fourth-order valence-corrected chi connectivity index (χ4v) is 3.84. The molecule has 1 saturated heterocycles. The summed E-state index contributed by atoms with van der Waals surface area (Å²) in [5, 5.41) is 3.50. The highest BCUT2D eigenvalue weighted by atomic mass is 35.5. The Hall–Kier alpha value is -0.220. The highest BCUT2D eigenvalue weighted by Crippen LogP contribution is 2.30. The molecule has 2 nitrogen and oxygen atoms in total. The first-order valence-electron chi connectivity index (χ1n) is 7.51. The molecule has 1 unspecified atom stereocenters. The molecule has 1 aromatic rings. The third-order valence-electron chi connectivity index (χ3n) is 4.12. The molecule has 1 aromatic carbocycles. The topological polar surface area (TPSA) is 15.3 Å². The van der Waals surface area contributed by atoms with Crippen molar-refractivity contribution < 1.29 is 0 Å². The smallest absolute Gasteiger partial charge is 0.0235 e. The number of halogens is 1. The van der Waals surface area contributed by atoms with Crippen LogP contribution in [0.2, 0.25) is 0 Å². The van der Waals surface area contributed by atoms with Crippen LogP contribution < -0.4 is 5.32 Å². The molecule has 0 bridgehead atoms. The number of nitrogens with one attached hydrogen (secondary N) is 1. The van der Waals surface area contributed by atoms with E-state index in [9.17, 15) is 0 Å². The van der Waals surface area contributed by atoms with Crippen LogP contribution in [0.25, 0.3) is 0 Å². The van der Waals surface area contributed by atoms with Gasteiger partial charge in [-0.3, -0.25) is 4.90 Å². The van der Waals surface area contributed by atoms with E-state index in [1.807, 2.05) is 0 Å². The van der Waals surface area contributed by atoms with Crippen molar-refractivity contribution in [2.45, 2.75) is 37.1 Å². The highest BCUT2D eigenvalue weighted by molar-refractivity contribution is 7.98. The Morgan fingerprint density at radius 1 is 1.10 bits per heavy atom. The summed E-state index contributed by atoms with van der Waals surface area (Å²) in [6.45, 7) is 3.69. The molecule has 1 atom stereocenters. The number of rotatable bonds is 7. The molecule has 0 spiro atoms. The maximum Gasteiger partial charge on any atom is 0.0235 e. The molecular weight excluding hydrogens is 288 g/mol. The van der Waals surface area contributed by atoms with Gasteiger partial charge in [-0.25, -0.2) is 0 Å². The average Bonchev–Trinajstić information content (AvgIpc) is 3.14. The van der Waals surface area contributed by atoms with Crippen LogP contribution in [0.4, 0.5) is 0 Å². The minimum absolute atomic E-state index is 0. The minimum Gasteiger partial charge on any atom is -0.315 e. The van der Waals surface area contributed by atoms with Crippen molar-refractivity contribution in [1.82, 2.24) is 10.2 Å². The average molecular weight is 313 g/mol. The standard InChI is InChI=1S/C16H24N2S.ClH/c1-2-4-14(5-3-1)13-19-11-10-18(15-6-7-15)16-8-9-17-12-16;/h1-5,15-17H,6-13H2;1H. The van der Waals surface area contributed by atoms with E-state index in [2.05, 4.69) is 52.3 Å². The molecule has 112 valence electrons. The lowest BCUT2D eigenvalue weighted by molar-refractivity contribution is 0.211. The quantitative estimate of drug-likeness (QED) is 0.779. The second-order valence-electron chi connectivity index (χ2n) is 5.65. The third kappa shape index (κ3) is 4.66. The van der Waals surface area contributed by atoms with Crippen LogP contribution in [0.5, 0.6) is 0 Å². The Labute approximate surface area is 133 Å². The van der Waals surface area contributed by atoms with Gasteiger partial charge in [0.25, 0.3) is 0 Å². The molecule has 1 aliphatic carbocycles. The van der Waals surface area contributed by atoms with Gasteiger partial charge in [0.1, 0.15) is 0 Å². The van der Waals surface area contributed by atoms with Gasteiger partial charge in [0, 0.05) is 36.7 Å². The number of hydrogen-bond acceptors (Lipinski definition) is 3. The van der Waals surface area contributed by atoms with Gasteiger partial charge in [-0.15, -0.1) is 12.4 Å². The molecule has 20 heavy (non-hydrogen) atoms. The molecule has 0 aromatic heterocycles. The Kier molecular flexibility index (Phi) is 6.69. The van der Waals surface area contributed by atoms with Crippen molar-refractivity contribution in [3.8, 4) is 0 Å². The van der Waals surface area contributed by atoms with E-state index >= 15 is 0 Å². The van der Waals surface area contributed by atoms with Crippen molar-refractivity contribution in [3.63, 3.8) is 0 Å². The number of nitrogens with zero attached hydrogens (tertiary/aromatic N) is 1. The highest BCUT2D eigenvalue weighted by Gasteiger charge is 2.34. The number of thioether (sulfide) groups is 1. The van der Waals surface area contributed by atoms with E-state index < -0.39 is 0 Å². The Bertz CT molecular complexity index is 377. The van der Waals surface area contributed by atoms with Crippen molar-refractivity contribution in [1.29, 1.82) is 0 Å². The largest absolute Gasteiger partial charge is 0.315 e. The second-order valence-corrected chi connectivity index (χ2v) is 6.76. The van der Waals surface area contributed by atoms with Crippen molar-refractivity contribution >= 4 is 24.2 Å². The second kappa shape index (κ2) is 8.28. The molecule has 1 N–H and O–H groups in total. The minimum atomic E-state index is 0. The first kappa shape index (κ1) is 16.2. The Morgan fingerprint density at radius 3 is 2.55 bits per heavy atom. The van der Waals surface area contributed by atoms with E-state index in [0.29, 0.717) is 0 Å². The zero-order valence-corrected chi connectivity index (χ0v) is 13.6. The summed E-state index contributed by atoms with van der Waals surface area (Å²) in [6.07, 6.45) is 4.21. The van der Waals surface area contributed by atoms with Crippen molar-refractivity contribution in [2.24, 2.45) is 0 Å². The lowest BCUT2D eigenvalue weighted by Crippen LogP contribution is -2.40. The first-order chi connectivity index (χ1) is 9.43. The van der Waals surface area contributed by atoms with E-state index in [4.69, 9.17) is 0 Å². The van der Waals surface area contributed by atoms with Crippen LogP contribution in [0, 0.1) is 0 Å². The lowest BCUT2D eigenvalue weighted by atomic mass is 10.2. The Morgan fingerprint density at radius 2 is 1.90 bits per heavy atom. The zero-order valence-electron chi connectivity index (χ0n) is 12.0. The molecule has 1 saturated carbocycles. The number of benzene rings is 1. The normalized spacial score (nSPS) is 21.9. The van der Waals surface area contributed by atoms with Gasteiger partial charge in [-0.1, -0.05) is 30.3 Å². The summed E-state index contributed by atoms with van der Waals surface area (Å²) >= 11 is 2.08. The van der Waals surface area contributed by atoms with E-state index in [-0.39, 0.29) is 12.4 Å². The third-order valence-corrected chi connectivity index (χ3v) is 5.13. The molecule has 3 rings (SSSR count). The molecule has 0 radical (unpaired) electrons. The molecular formula is C16H25ClN2S. The zero-order chi connectivity index (χ0) is 12.9. The van der Waals surface area contributed by atoms with Gasteiger partial charge in [-0.2, -0.15) is 11.8 Å². The van der Waals surface area contributed by atoms with Gasteiger partial charge in [-0.05, 0) is 31.4 Å². The predicted octanol–water partition coefficient (Wildman–Crippen LogP) is 3.17. The van der Waals surface area contributed by atoms with Gasteiger partial charge >= 0.3 is 0 Å². The maximum atomic E-state index is 3.50. The van der Waals surface area contributed by atoms with Gasteiger partial charge < -0.3 is 5.32 Å². The fourth-order valence-electron chi connectivity index (χ4n) is 2.93.